The summed E-state index contributed by atoms with van der Waals surface area (Å²) < 4.78 is 5.49. The summed E-state index contributed by atoms with van der Waals surface area (Å²) in [6.07, 6.45) is 3.92. The number of guanidine groups is 1. The summed E-state index contributed by atoms with van der Waals surface area (Å²) >= 11 is 5.75. The molecule has 0 aliphatic carbocycles. The third-order valence-corrected chi connectivity index (χ3v) is 3.01. The van der Waals surface area contributed by atoms with E-state index in [-0.39, 0.29) is 6.10 Å². The molecular weight excluding hydrogens is 288 g/mol. The molecule has 0 aliphatic rings. The Morgan fingerprint density at radius 1 is 1.33 bits per heavy atom. The highest BCUT2D eigenvalue weighted by atomic mass is 35.5. The standard InChI is InChI=1S/C15H25ClN4O/c1-12(2)21-10-4-8-18-15(17-3)19-9-7-13-5-6-14(16)20-11-13/h5-6,11-12H,4,7-10H2,1-3H3,(H2,17,18,19). The summed E-state index contributed by atoms with van der Waals surface area (Å²) in [6, 6.07) is 3.79. The molecule has 0 fully saturated rings. The van der Waals surface area contributed by atoms with Gasteiger partial charge in [-0.05, 0) is 38.3 Å². The lowest BCUT2D eigenvalue weighted by molar-refractivity contribution is 0.0776. The van der Waals surface area contributed by atoms with Gasteiger partial charge in [0.15, 0.2) is 5.96 Å². The molecule has 0 aromatic carbocycles. The lowest BCUT2D eigenvalue weighted by Gasteiger charge is -2.12. The summed E-state index contributed by atoms with van der Waals surface area (Å²) in [6.45, 7) is 6.48. The minimum absolute atomic E-state index is 0.287. The first kappa shape index (κ1) is 17.7. The number of halogens is 1. The molecule has 0 bridgehead atoms. The number of hydrogen-bond donors (Lipinski definition) is 2. The number of aliphatic imine (C=N–C) groups is 1. The largest absolute Gasteiger partial charge is 0.379 e. The number of pyridine rings is 1. The van der Waals surface area contributed by atoms with E-state index in [0.717, 1.165) is 44.1 Å². The Hall–Kier alpha value is -1.33. The van der Waals surface area contributed by atoms with Crippen molar-refractivity contribution in [1.82, 2.24) is 15.6 Å². The van der Waals surface area contributed by atoms with Gasteiger partial charge in [0.2, 0.25) is 0 Å². The van der Waals surface area contributed by atoms with E-state index in [1.165, 1.54) is 0 Å². The maximum Gasteiger partial charge on any atom is 0.190 e. The molecule has 0 aliphatic heterocycles. The van der Waals surface area contributed by atoms with Gasteiger partial charge >= 0.3 is 0 Å². The monoisotopic (exact) mass is 312 g/mol. The van der Waals surface area contributed by atoms with Gasteiger partial charge in [-0.15, -0.1) is 0 Å². The van der Waals surface area contributed by atoms with E-state index in [4.69, 9.17) is 16.3 Å². The fraction of sp³-hybridized carbons (Fsp3) is 0.600. The molecule has 118 valence electrons. The quantitative estimate of drug-likeness (QED) is 0.334. The fourth-order valence-corrected chi connectivity index (χ4v) is 1.81. The topological polar surface area (TPSA) is 58.5 Å². The number of nitrogens with zero attached hydrogens (tertiary/aromatic N) is 2. The molecule has 6 heteroatoms. The summed E-state index contributed by atoms with van der Waals surface area (Å²) in [7, 11) is 1.77. The van der Waals surface area contributed by atoms with Crippen LogP contribution >= 0.6 is 11.6 Å². The normalized spacial score (nSPS) is 11.8. The first-order valence-corrected chi connectivity index (χ1v) is 7.66. The van der Waals surface area contributed by atoms with Crippen LogP contribution in [0, 0.1) is 0 Å². The first-order chi connectivity index (χ1) is 10.1. The smallest absolute Gasteiger partial charge is 0.190 e. The Morgan fingerprint density at radius 3 is 2.71 bits per heavy atom. The van der Waals surface area contributed by atoms with Crippen LogP contribution in [0.1, 0.15) is 25.8 Å². The van der Waals surface area contributed by atoms with Gasteiger partial charge in [-0.3, -0.25) is 4.99 Å². The third kappa shape index (κ3) is 8.52. The molecule has 0 amide bonds. The van der Waals surface area contributed by atoms with E-state index in [0.29, 0.717) is 5.15 Å². The van der Waals surface area contributed by atoms with Crippen molar-refractivity contribution in [3.05, 3.63) is 29.0 Å². The summed E-state index contributed by atoms with van der Waals surface area (Å²) in [5, 5.41) is 7.05. The lowest BCUT2D eigenvalue weighted by Crippen LogP contribution is -2.39. The van der Waals surface area contributed by atoms with Crippen LogP contribution in [0.3, 0.4) is 0 Å². The van der Waals surface area contributed by atoms with Crippen molar-refractivity contribution >= 4 is 17.6 Å². The molecule has 0 atom stereocenters. The fourth-order valence-electron chi connectivity index (χ4n) is 1.70. The Kier molecular flexibility index (Phi) is 8.78. The van der Waals surface area contributed by atoms with Crippen LogP contribution in [0.5, 0.6) is 0 Å². The van der Waals surface area contributed by atoms with Crippen LogP contribution in [-0.4, -0.2) is 43.8 Å². The molecule has 2 N–H and O–H groups in total. The molecule has 1 aromatic heterocycles. The van der Waals surface area contributed by atoms with Gasteiger partial charge in [0.1, 0.15) is 5.15 Å². The lowest BCUT2D eigenvalue weighted by atomic mass is 10.2. The van der Waals surface area contributed by atoms with Crippen molar-refractivity contribution in [2.45, 2.75) is 32.8 Å². The summed E-state index contributed by atoms with van der Waals surface area (Å²) in [5.74, 6) is 0.807. The SMILES string of the molecule is CN=C(NCCCOC(C)C)NCCc1ccc(Cl)nc1. The third-order valence-electron chi connectivity index (χ3n) is 2.78. The van der Waals surface area contributed by atoms with E-state index >= 15 is 0 Å². The number of aromatic nitrogens is 1. The first-order valence-electron chi connectivity index (χ1n) is 7.28. The van der Waals surface area contributed by atoms with Gasteiger partial charge in [0, 0.05) is 32.9 Å². The van der Waals surface area contributed by atoms with E-state index in [1.54, 1.807) is 19.3 Å². The molecule has 0 saturated heterocycles. The molecule has 1 aromatic rings. The Morgan fingerprint density at radius 2 is 2.10 bits per heavy atom. The van der Waals surface area contributed by atoms with E-state index in [2.05, 4.69) is 20.6 Å². The Balaban J connectivity index is 2.15. The second kappa shape index (κ2) is 10.4. The van der Waals surface area contributed by atoms with Gasteiger partial charge in [-0.25, -0.2) is 4.98 Å². The van der Waals surface area contributed by atoms with Gasteiger partial charge in [-0.2, -0.15) is 0 Å². The van der Waals surface area contributed by atoms with Crippen molar-refractivity contribution in [1.29, 1.82) is 0 Å². The Bertz CT molecular complexity index is 420. The molecule has 21 heavy (non-hydrogen) atoms. The zero-order valence-electron chi connectivity index (χ0n) is 13.0. The molecule has 0 saturated carbocycles. The number of nitrogens with one attached hydrogen (secondary N) is 2. The van der Waals surface area contributed by atoms with E-state index < -0.39 is 0 Å². The maximum absolute atomic E-state index is 5.75. The van der Waals surface area contributed by atoms with Crippen LogP contribution in [0.25, 0.3) is 0 Å². The van der Waals surface area contributed by atoms with Crippen molar-refractivity contribution in [3.63, 3.8) is 0 Å². The van der Waals surface area contributed by atoms with Crippen LogP contribution in [-0.2, 0) is 11.2 Å². The van der Waals surface area contributed by atoms with E-state index in [1.807, 2.05) is 19.9 Å². The maximum atomic E-state index is 5.75. The molecule has 1 heterocycles. The van der Waals surface area contributed by atoms with Crippen molar-refractivity contribution in [2.75, 3.05) is 26.7 Å². The average Bonchev–Trinajstić information content (AvgIpc) is 2.46. The summed E-state index contributed by atoms with van der Waals surface area (Å²) in [5.41, 5.74) is 1.15. The van der Waals surface area contributed by atoms with Crippen molar-refractivity contribution in [2.24, 2.45) is 4.99 Å². The molecule has 0 radical (unpaired) electrons. The highest BCUT2D eigenvalue weighted by Crippen LogP contribution is 2.05. The van der Waals surface area contributed by atoms with Gasteiger partial charge in [0.25, 0.3) is 0 Å². The van der Waals surface area contributed by atoms with Crippen LogP contribution in [0.2, 0.25) is 5.15 Å². The predicted molar refractivity (Wildman–Crippen MR) is 88.0 cm³/mol. The van der Waals surface area contributed by atoms with Gasteiger partial charge in [0.05, 0.1) is 6.10 Å². The molecule has 5 nitrogen and oxygen atoms in total. The second-order valence-electron chi connectivity index (χ2n) is 4.94. The molecular formula is C15H25ClN4O. The van der Waals surface area contributed by atoms with Crippen LogP contribution in [0.4, 0.5) is 0 Å². The molecule has 1 rings (SSSR count). The van der Waals surface area contributed by atoms with Gasteiger partial charge in [-0.1, -0.05) is 17.7 Å². The Labute approximate surface area is 132 Å². The van der Waals surface area contributed by atoms with E-state index in [9.17, 15) is 0 Å². The second-order valence-corrected chi connectivity index (χ2v) is 5.33. The van der Waals surface area contributed by atoms with Crippen LogP contribution in [0.15, 0.2) is 23.3 Å². The average molecular weight is 313 g/mol. The number of rotatable bonds is 8. The highest BCUT2D eigenvalue weighted by molar-refractivity contribution is 6.29. The minimum atomic E-state index is 0.287. The predicted octanol–water partition coefficient (Wildman–Crippen LogP) is 2.26. The zero-order valence-corrected chi connectivity index (χ0v) is 13.8. The van der Waals surface area contributed by atoms with Crippen LogP contribution < -0.4 is 10.6 Å². The molecule has 0 spiro atoms. The zero-order chi connectivity index (χ0) is 15.5. The highest BCUT2D eigenvalue weighted by Gasteiger charge is 1.99. The van der Waals surface area contributed by atoms with Crippen molar-refractivity contribution in [3.8, 4) is 0 Å². The van der Waals surface area contributed by atoms with Gasteiger partial charge < -0.3 is 15.4 Å². The van der Waals surface area contributed by atoms with Crippen molar-refractivity contribution < 1.29 is 4.74 Å². The summed E-state index contributed by atoms with van der Waals surface area (Å²) in [4.78, 5) is 8.24. The molecule has 0 unspecified atom stereocenters. The minimum Gasteiger partial charge on any atom is -0.379 e. The number of ether oxygens (including phenoxy) is 1. The number of hydrogen-bond acceptors (Lipinski definition) is 3.